The van der Waals surface area contributed by atoms with Crippen LogP contribution in [0.3, 0.4) is 0 Å². The Hall–Kier alpha value is -16.0. The molecule has 0 saturated carbocycles. The number of ether oxygens (including phenoxy) is 10. The topological polar surface area (TPSA) is 307 Å². The number of nitrogens with one attached hydrogen (secondary N) is 3. The fourth-order valence-electron chi connectivity index (χ4n) is 13.9. The van der Waals surface area contributed by atoms with Gasteiger partial charge in [-0.15, -0.1) is 0 Å². The number of carbonyl (C=O) groups excluding carboxylic acids is 6. The maximum absolute atomic E-state index is 13.2. The molecule has 0 aliphatic carbocycles. The summed E-state index contributed by atoms with van der Waals surface area (Å²) in [6, 6.07) is 85.5. The van der Waals surface area contributed by atoms with E-state index < -0.39 is 35.8 Å². The molecule has 0 radical (unpaired) electrons. The number of anilines is 3. The molecule has 12 aromatic carbocycles. The lowest BCUT2D eigenvalue weighted by molar-refractivity contribution is -0.138. The molecular weight excluding hydrogens is 1810 g/mol. The maximum atomic E-state index is 13.2. The average molecular weight is 1920 g/mol. The number of thiazole rings is 3. The summed E-state index contributed by atoms with van der Waals surface area (Å²) in [5.74, 6) is 1.06. The number of para-hydroxylation sites is 3. The zero-order valence-corrected chi connectivity index (χ0v) is 79.7. The highest BCUT2D eigenvalue weighted by Crippen LogP contribution is 2.35. The largest absolute Gasteiger partial charge is 0.494 e. The SMILES string of the molecule is C=CC(=O)OCCCCCCOc1ccc(C(=O)Oc2ccc(-c3ccc(OCC)cc3)c(/C=N/Nc3nc4ccccc4s3)c2)cc1.C=CC(=O)OCCCCOc1ccc(C(=O)Oc2ccc(-c3ccc(CCC)cc3)cc2/C=N/Nc2nc3ccccc3s2)cc1.C=CC(=O)OCCCOc1ccc(C(=O)Oc2ccc(-c3ccc(CCC)cc3)c(/C=N/Nc3nc4ccccc4s3)c2)cc1. The third-order valence-corrected chi connectivity index (χ3v) is 23.8. The minimum atomic E-state index is -0.499. The summed E-state index contributed by atoms with van der Waals surface area (Å²) in [4.78, 5) is 86.2. The van der Waals surface area contributed by atoms with Crippen LogP contribution in [-0.2, 0) is 41.4 Å². The van der Waals surface area contributed by atoms with Gasteiger partial charge in [-0.2, -0.15) is 15.3 Å². The Morgan fingerprint density at radius 3 is 1.06 bits per heavy atom. The monoisotopic (exact) mass is 1920 g/mol. The Bertz CT molecular complexity index is 6640. The maximum Gasteiger partial charge on any atom is 0.343 e. The number of hydrazone groups is 3. The van der Waals surface area contributed by atoms with Gasteiger partial charge in [0, 0.05) is 41.3 Å². The molecule has 0 aliphatic heterocycles. The Labute approximate surface area is 818 Å². The van der Waals surface area contributed by atoms with Crippen LogP contribution in [0.25, 0.3) is 64.0 Å². The third-order valence-electron chi connectivity index (χ3n) is 20.9. The van der Waals surface area contributed by atoms with E-state index in [0.717, 1.165) is 144 Å². The molecule has 0 amide bonds. The molecule has 28 heteroatoms. The van der Waals surface area contributed by atoms with E-state index in [1.165, 1.54) is 51.2 Å². The fraction of sp³-hybridized carbons (Fsp3) is 0.189. The van der Waals surface area contributed by atoms with Gasteiger partial charge in [0.1, 0.15) is 40.2 Å². The zero-order valence-electron chi connectivity index (χ0n) is 77.2. The molecule has 0 unspecified atom stereocenters. The van der Waals surface area contributed by atoms with Gasteiger partial charge in [-0.05, 0) is 261 Å². The van der Waals surface area contributed by atoms with E-state index in [4.69, 9.17) is 47.4 Å². The van der Waals surface area contributed by atoms with Crippen LogP contribution in [0.2, 0.25) is 0 Å². The van der Waals surface area contributed by atoms with E-state index in [2.05, 4.69) is 129 Å². The van der Waals surface area contributed by atoms with Gasteiger partial charge in [0.05, 0.1) is 112 Å². The second kappa shape index (κ2) is 53.3. The molecule has 3 heterocycles. The summed E-state index contributed by atoms with van der Waals surface area (Å²) < 4.78 is 58.3. The van der Waals surface area contributed by atoms with E-state index in [0.29, 0.717) is 131 Å². The molecule has 708 valence electrons. The van der Waals surface area contributed by atoms with Crippen LogP contribution >= 0.6 is 34.0 Å². The van der Waals surface area contributed by atoms with Crippen molar-refractivity contribution in [2.24, 2.45) is 15.3 Å². The van der Waals surface area contributed by atoms with Crippen LogP contribution in [0.4, 0.5) is 15.4 Å². The van der Waals surface area contributed by atoms with Crippen LogP contribution in [0, 0.1) is 0 Å². The predicted octanol–water partition coefficient (Wildman–Crippen LogP) is 25.2. The van der Waals surface area contributed by atoms with Crippen LogP contribution in [-0.4, -0.2) is 116 Å². The molecule has 0 saturated heterocycles. The molecule has 0 spiro atoms. The Morgan fingerprint density at radius 1 is 0.324 bits per heavy atom. The van der Waals surface area contributed by atoms with E-state index in [1.54, 1.807) is 122 Å². The number of benzene rings is 12. The van der Waals surface area contributed by atoms with Gasteiger partial charge < -0.3 is 47.4 Å². The fourth-order valence-corrected chi connectivity index (χ4v) is 16.4. The van der Waals surface area contributed by atoms with Gasteiger partial charge in [0.2, 0.25) is 15.4 Å². The smallest absolute Gasteiger partial charge is 0.343 e. The van der Waals surface area contributed by atoms with E-state index in [9.17, 15) is 28.8 Å². The first-order chi connectivity index (χ1) is 68.1. The van der Waals surface area contributed by atoms with Gasteiger partial charge in [-0.3, -0.25) is 16.3 Å². The lowest BCUT2D eigenvalue weighted by Gasteiger charge is -2.11. The summed E-state index contributed by atoms with van der Waals surface area (Å²) in [5, 5.41) is 15.4. The molecule has 0 fully saturated rings. The van der Waals surface area contributed by atoms with Crippen LogP contribution in [0.1, 0.15) is 137 Å². The standard InChI is InChI=1S/C38H37N3O6S.C37H35N3O5S.C36H33N3O5S/c1-3-36(42)46-24-10-6-5-9-23-45-31-19-15-28(16-20-31)37(43)47-32-21-22-33(27-13-17-30(18-14-27)44-4-2)29(25-32)26-39-41-38-40-34-11-7-8-12-35(34)48-38;1-3-9-26-12-14-27(15-13-26)29-18-21-33(30(24-29)25-38-40-37-39-32-10-5-6-11-34(32)46-37)45-36(42)28-16-19-31(20-17-28)43-22-7-8-23-44-35(41)4-2;1-3-8-25-11-13-26(14-12-25)31-20-19-30(23-28(31)24-37-39-36-38-32-9-5-6-10-33(32)45-36)44-35(41)27-15-17-29(18-16-27)42-21-7-22-43-34(40)4-2/h3,7-8,11-22,25-26H,1,4-6,9-10,23-24H2,2H3,(H,40,41);4-6,10-21,24-25H,2-3,7-9,22-23H2,1H3,(H,39,40);4-6,9-20,23-24H,2-3,7-8,21-22H2,1H3,(H,38,39)/b39-26+;38-25+;37-24+. The van der Waals surface area contributed by atoms with Gasteiger partial charge in [-0.25, -0.2) is 43.7 Å². The number of unbranched alkanes of at least 4 members (excludes halogenated alkanes) is 4. The van der Waals surface area contributed by atoms with E-state index in [-0.39, 0.29) is 6.61 Å². The van der Waals surface area contributed by atoms with E-state index in [1.807, 2.05) is 128 Å². The molecule has 3 N–H and O–H groups in total. The molecule has 139 heavy (non-hydrogen) atoms. The molecule has 3 aromatic heterocycles. The summed E-state index contributed by atoms with van der Waals surface area (Å²) in [7, 11) is 0. The first-order valence-corrected chi connectivity index (χ1v) is 48.0. The number of rotatable bonds is 46. The molecular formula is C111H105N9O16S3. The Morgan fingerprint density at radius 2 is 0.655 bits per heavy atom. The van der Waals surface area contributed by atoms with Crippen LogP contribution < -0.4 is 49.4 Å². The van der Waals surface area contributed by atoms with Crippen molar-refractivity contribution in [3.8, 4) is 73.6 Å². The highest BCUT2D eigenvalue weighted by molar-refractivity contribution is 7.22. The summed E-state index contributed by atoms with van der Waals surface area (Å²) in [6.45, 7) is 19.3. The first kappa shape index (κ1) is 100. The number of nitrogens with zero attached hydrogens (tertiary/aromatic N) is 6. The van der Waals surface area contributed by atoms with Crippen molar-refractivity contribution < 1.29 is 76.1 Å². The van der Waals surface area contributed by atoms with Gasteiger partial charge in [-0.1, -0.05) is 196 Å². The number of carbonyl (C=O) groups is 6. The second-order valence-corrected chi connectivity index (χ2v) is 34.1. The Kier molecular flexibility index (Phi) is 38.5. The van der Waals surface area contributed by atoms with Crippen LogP contribution in [0.15, 0.2) is 326 Å². The zero-order chi connectivity index (χ0) is 97.1. The van der Waals surface area contributed by atoms with Gasteiger partial charge in [0.25, 0.3) is 0 Å². The van der Waals surface area contributed by atoms with Crippen molar-refractivity contribution in [1.29, 1.82) is 0 Å². The number of esters is 6. The first-order valence-electron chi connectivity index (χ1n) is 45.6. The predicted molar refractivity (Wildman–Crippen MR) is 554 cm³/mol. The second-order valence-electron chi connectivity index (χ2n) is 31.0. The number of hydrogen-bond donors (Lipinski definition) is 3. The summed E-state index contributed by atoms with van der Waals surface area (Å²) >= 11 is 4.55. The number of hydrogen-bond acceptors (Lipinski definition) is 28. The third kappa shape index (κ3) is 31.3. The van der Waals surface area contributed by atoms with Crippen molar-refractivity contribution in [2.75, 3.05) is 62.5 Å². The lowest BCUT2D eigenvalue weighted by atomic mass is 9.98. The quantitative estimate of drug-likeness (QED) is 0.00607. The van der Waals surface area contributed by atoms with Gasteiger partial charge in [0.15, 0.2) is 0 Å². The normalized spacial score (nSPS) is 11.0. The van der Waals surface area contributed by atoms with Crippen molar-refractivity contribution >= 4 is 135 Å². The molecule has 15 rings (SSSR count). The molecule has 0 bridgehead atoms. The minimum absolute atomic E-state index is 0.239. The highest BCUT2D eigenvalue weighted by atomic mass is 32.1. The molecule has 0 atom stereocenters. The van der Waals surface area contributed by atoms with Crippen molar-refractivity contribution in [3.05, 3.63) is 355 Å². The highest BCUT2D eigenvalue weighted by Gasteiger charge is 2.19. The molecule has 15 aromatic rings. The molecule has 25 nitrogen and oxygen atoms in total. The number of aryl methyl sites for hydroxylation is 2. The van der Waals surface area contributed by atoms with Crippen molar-refractivity contribution in [3.63, 3.8) is 0 Å². The van der Waals surface area contributed by atoms with E-state index >= 15 is 0 Å². The average Bonchev–Trinajstić information content (AvgIpc) is 1.66. The van der Waals surface area contributed by atoms with Gasteiger partial charge >= 0.3 is 35.8 Å². The summed E-state index contributed by atoms with van der Waals surface area (Å²) in [6.07, 6.45) is 18.2. The Balaban J connectivity index is 0.000000176. The van der Waals surface area contributed by atoms with Crippen molar-refractivity contribution in [2.45, 2.75) is 91.4 Å². The minimum Gasteiger partial charge on any atom is -0.494 e. The van der Waals surface area contributed by atoms with Crippen LogP contribution in [0.5, 0.6) is 40.2 Å². The number of fused-ring (bicyclic) bond motifs is 3. The van der Waals surface area contributed by atoms with Crippen molar-refractivity contribution in [1.82, 2.24) is 15.0 Å². The lowest BCUT2D eigenvalue weighted by Crippen LogP contribution is -2.10. The number of aromatic nitrogens is 3. The molecule has 0 aliphatic rings. The summed E-state index contributed by atoms with van der Waals surface area (Å²) in [5.41, 5.74) is 23.6.